The summed E-state index contributed by atoms with van der Waals surface area (Å²) in [6.07, 6.45) is 1.92. The predicted molar refractivity (Wildman–Crippen MR) is 44.4 cm³/mol. The summed E-state index contributed by atoms with van der Waals surface area (Å²) >= 11 is 1.60. The topological polar surface area (TPSA) is 58.2 Å². The first kappa shape index (κ1) is 10.2. The van der Waals surface area contributed by atoms with Crippen molar-refractivity contribution in [3.05, 3.63) is 0 Å². The minimum atomic E-state index is -3.21. The highest BCUT2D eigenvalue weighted by molar-refractivity contribution is 7.98. The summed E-state index contributed by atoms with van der Waals surface area (Å²) < 4.78 is 25.8. The van der Waals surface area contributed by atoms with Gasteiger partial charge in [0.25, 0.3) is 10.2 Å². The Labute approximate surface area is 66.0 Å². The minimum absolute atomic E-state index is 0.477. The maximum absolute atomic E-state index is 10.6. The predicted octanol–water partition coefficient (Wildman–Crippen LogP) is -0.597. The zero-order valence-corrected chi connectivity index (χ0v) is 7.68. The molecule has 10 heavy (non-hydrogen) atoms. The highest BCUT2D eigenvalue weighted by atomic mass is 32.2. The van der Waals surface area contributed by atoms with Crippen LogP contribution in [0, 0.1) is 0 Å². The molecule has 0 fully saturated rings. The van der Waals surface area contributed by atoms with Gasteiger partial charge in [-0.05, 0) is 6.26 Å². The molecular weight excluding hydrogens is 172 g/mol. The van der Waals surface area contributed by atoms with Gasteiger partial charge in [-0.3, -0.25) is 0 Å². The van der Waals surface area contributed by atoms with E-state index in [1.807, 2.05) is 6.26 Å². The number of thioether (sulfide) groups is 1. The fourth-order valence-corrected chi connectivity index (χ4v) is 1.30. The average molecular weight is 184 g/mol. The Morgan fingerprint density at radius 1 is 1.50 bits per heavy atom. The molecule has 0 aliphatic rings. The van der Waals surface area contributed by atoms with E-state index in [0.29, 0.717) is 6.54 Å². The SMILES string of the molecule is CNS(=O)(=O)NCCSC. The molecule has 0 saturated carbocycles. The van der Waals surface area contributed by atoms with Crippen molar-refractivity contribution in [1.29, 1.82) is 0 Å². The first-order valence-electron chi connectivity index (χ1n) is 2.79. The lowest BCUT2D eigenvalue weighted by Crippen LogP contribution is -2.35. The smallest absolute Gasteiger partial charge is 0.205 e. The number of hydrogen-bond donors (Lipinski definition) is 2. The van der Waals surface area contributed by atoms with E-state index < -0.39 is 10.2 Å². The summed E-state index contributed by atoms with van der Waals surface area (Å²) in [5, 5.41) is 0. The van der Waals surface area contributed by atoms with E-state index >= 15 is 0 Å². The third-order valence-corrected chi connectivity index (χ3v) is 2.60. The highest BCUT2D eigenvalue weighted by Gasteiger charge is 2.01. The van der Waals surface area contributed by atoms with Gasteiger partial charge in [-0.15, -0.1) is 0 Å². The van der Waals surface area contributed by atoms with Gasteiger partial charge in [-0.1, -0.05) is 0 Å². The van der Waals surface area contributed by atoms with Crippen molar-refractivity contribution < 1.29 is 8.42 Å². The Balaban J connectivity index is 3.49. The van der Waals surface area contributed by atoms with E-state index in [0.717, 1.165) is 5.75 Å². The lowest BCUT2D eigenvalue weighted by Gasteiger charge is -2.01. The summed E-state index contributed by atoms with van der Waals surface area (Å²) in [5.41, 5.74) is 0. The van der Waals surface area contributed by atoms with Crippen LogP contribution < -0.4 is 9.44 Å². The molecule has 0 aromatic carbocycles. The van der Waals surface area contributed by atoms with Crippen molar-refractivity contribution in [3.8, 4) is 0 Å². The molecule has 4 nitrogen and oxygen atoms in total. The van der Waals surface area contributed by atoms with Gasteiger partial charge in [0.2, 0.25) is 0 Å². The molecule has 0 aliphatic heterocycles. The van der Waals surface area contributed by atoms with Crippen molar-refractivity contribution in [2.75, 3.05) is 25.6 Å². The Kier molecular flexibility index (Phi) is 5.06. The molecule has 0 aliphatic carbocycles. The second-order valence-corrected chi connectivity index (χ2v) is 4.28. The van der Waals surface area contributed by atoms with Gasteiger partial charge >= 0.3 is 0 Å². The quantitative estimate of drug-likeness (QED) is 0.561. The Morgan fingerprint density at radius 2 is 2.10 bits per heavy atom. The molecule has 0 spiro atoms. The van der Waals surface area contributed by atoms with E-state index in [4.69, 9.17) is 0 Å². The van der Waals surface area contributed by atoms with Gasteiger partial charge in [0.15, 0.2) is 0 Å². The molecule has 6 heteroatoms. The maximum Gasteiger partial charge on any atom is 0.276 e. The van der Waals surface area contributed by atoms with Crippen LogP contribution >= 0.6 is 11.8 Å². The first-order valence-corrected chi connectivity index (χ1v) is 5.67. The third-order valence-electron chi connectivity index (χ3n) is 0.867. The van der Waals surface area contributed by atoms with E-state index in [9.17, 15) is 8.42 Å². The van der Waals surface area contributed by atoms with Gasteiger partial charge in [0.1, 0.15) is 0 Å². The molecule has 0 saturated heterocycles. The summed E-state index contributed by atoms with van der Waals surface area (Å²) in [5.74, 6) is 0.793. The maximum atomic E-state index is 10.6. The number of hydrogen-bond acceptors (Lipinski definition) is 3. The van der Waals surface area contributed by atoms with Crippen LogP contribution in [0.4, 0.5) is 0 Å². The third kappa shape index (κ3) is 5.04. The van der Waals surface area contributed by atoms with Crippen LogP contribution in [0.1, 0.15) is 0 Å². The van der Waals surface area contributed by atoms with Crippen molar-refractivity contribution in [2.24, 2.45) is 0 Å². The number of nitrogens with one attached hydrogen (secondary N) is 2. The van der Waals surface area contributed by atoms with Crippen molar-refractivity contribution >= 4 is 22.0 Å². The van der Waals surface area contributed by atoms with Crippen LogP contribution in [-0.2, 0) is 10.2 Å². The van der Waals surface area contributed by atoms with Crippen LogP contribution in [0.2, 0.25) is 0 Å². The summed E-state index contributed by atoms with van der Waals surface area (Å²) in [6, 6.07) is 0. The van der Waals surface area contributed by atoms with Gasteiger partial charge in [0.05, 0.1) is 0 Å². The van der Waals surface area contributed by atoms with E-state index in [1.165, 1.54) is 7.05 Å². The Hall–Kier alpha value is 0.220. The van der Waals surface area contributed by atoms with Crippen molar-refractivity contribution in [2.45, 2.75) is 0 Å². The summed E-state index contributed by atoms with van der Waals surface area (Å²) in [4.78, 5) is 0. The standard InChI is InChI=1S/C4H12N2O2S2/c1-5-10(7,8)6-3-4-9-2/h5-6H,3-4H2,1-2H3. The van der Waals surface area contributed by atoms with Crippen LogP contribution in [0.25, 0.3) is 0 Å². The van der Waals surface area contributed by atoms with Crippen LogP contribution in [0.3, 0.4) is 0 Å². The minimum Gasteiger partial charge on any atom is -0.205 e. The van der Waals surface area contributed by atoms with E-state index in [1.54, 1.807) is 11.8 Å². The molecule has 62 valence electrons. The average Bonchev–Trinajstić information content (AvgIpc) is 1.89. The van der Waals surface area contributed by atoms with E-state index in [-0.39, 0.29) is 0 Å². The van der Waals surface area contributed by atoms with Gasteiger partial charge < -0.3 is 0 Å². The normalized spacial score (nSPS) is 11.8. The number of rotatable bonds is 5. The lowest BCUT2D eigenvalue weighted by molar-refractivity contribution is 0.576. The zero-order valence-electron chi connectivity index (χ0n) is 6.05. The Morgan fingerprint density at radius 3 is 2.50 bits per heavy atom. The molecule has 0 aromatic heterocycles. The van der Waals surface area contributed by atoms with Crippen molar-refractivity contribution in [3.63, 3.8) is 0 Å². The Bertz CT molecular complexity index is 166. The van der Waals surface area contributed by atoms with Gasteiger partial charge in [-0.2, -0.15) is 20.2 Å². The highest BCUT2D eigenvalue weighted by Crippen LogP contribution is 1.87. The lowest BCUT2D eigenvalue weighted by atomic mass is 10.8. The summed E-state index contributed by atoms with van der Waals surface area (Å²) in [6.45, 7) is 0.477. The van der Waals surface area contributed by atoms with E-state index in [2.05, 4.69) is 9.44 Å². The fraction of sp³-hybridized carbons (Fsp3) is 1.00. The molecule has 0 atom stereocenters. The van der Waals surface area contributed by atoms with Gasteiger partial charge in [-0.25, -0.2) is 9.44 Å². The first-order chi connectivity index (χ1) is 4.62. The molecule has 0 amide bonds. The monoisotopic (exact) mass is 184 g/mol. The molecule has 0 rings (SSSR count). The molecule has 0 heterocycles. The molecule has 2 N–H and O–H groups in total. The fourth-order valence-electron chi connectivity index (χ4n) is 0.350. The van der Waals surface area contributed by atoms with Crippen LogP contribution in [0.5, 0.6) is 0 Å². The van der Waals surface area contributed by atoms with Crippen LogP contribution in [0.15, 0.2) is 0 Å². The molecule has 0 unspecified atom stereocenters. The second-order valence-electron chi connectivity index (χ2n) is 1.59. The molecule has 0 aromatic rings. The van der Waals surface area contributed by atoms with Crippen LogP contribution in [-0.4, -0.2) is 34.0 Å². The molecule has 0 radical (unpaired) electrons. The largest absolute Gasteiger partial charge is 0.276 e. The zero-order chi connectivity index (χ0) is 8.04. The van der Waals surface area contributed by atoms with Gasteiger partial charge in [0, 0.05) is 19.3 Å². The molecule has 0 bridgehead atoms. The summed E-state index contributed by atoms with van der Waals surface area (Å²) in [7, 11) is -1.83. The second kappa shape index (κ2) is 4.95. The van der Waals surface area contributed by atoms with Crippen molar-refractivity contribution in [1.82, 2.24) is 9.44 Å². The molecular formula is C4H12N2O2S2.